The number of esters is 1. The summed E-state index contributed by atoms with van der Waals surface area (Å²) in [6, 6.07) is 15.3. The number of aryl methyl sites for hydroxylation is 2. The summed E-state index contributed by atoms with van der Waals surface area (Å²) < 4.78 is 39.5. The minimum absolute atomic E-state index is 0.0161. The molecule has 232 valence electrons. The van der Waals surface area contributed by atoms with E-state index >= 15 is 0 Å². The molecule has 4 aromatic rings. The van der Waals surface area contributed by atoms with E-state index in [0.29, 0.717) is 51.2 Å². The smallest absolute Gasteiger partial charge is 0.337 e. The number of carbonyl (C=O) groups excluding carboxylic acids is 3. The Bertz CT molecular complexity index is 1980. The van der Waals surface area contributed by atoms with E-state index < -0.39 is 28.1 Å². The molecule has 1 unspecified atom stereocenters. The Labute approximate surface area is 261 Å². The number of aromatic nitrogens is 1. The Morgan fingerprint density at radius 3 is 2.31 bits per heavy atom. The van der Waals surface area contributed by atoms with Crippen molar-refractivity contribution < 1.29 is 32.3 Å². The van der Waals surface area contributed by atoms with Crippen molar-refractivity contribution in [3.63, 3.8) is 0 Å². The van der Waals surface area contributed by atoms with Gasteiger partial charge in [0.25, 0.3) is 15.9 Å². The highest BCUT2D eigenvalue weighted by atomic mass is 32.2. The van der Waals surface area contributed by atoms with Crippen LogP contribution in [0.25, 0.3) is 10.9 Å². The van der Waals surface area contributed by atoms with Gasteiger partial charge < -0.3 is 19.3 Å². The van der Waals surface area contributed by atoms with Gasteiger partial charge in [0.15, 0.2) is 0 Å². The molecule has 3 fully saturated rings. The van der Waals surface area contributed by atoms with Crippen molar-refractivity contribution in [2.75, 3.05) is 14.2 Å². The fourth-order valence-electron chi connectivity index (χ4n) is 7.07. The molecule has 2 saturated heterocycles. The first-order chi connectivity index (χ1) is 21.5. The van der Waals surface area contributed by atoms with Crippen molar-refractivity contribution in [3.8, 4) is 5.75 Å². The standard InChI is InChI=1S/C34H33N3O7S/c1-19-5-11-24(12-6-19)45(41,42)36-14-13-25-26(29(43-3)15-20(2)30(25)36)18-35-31(21-7-9-22(10-8-21)34(40)44-4)33(39)37-27-16-23(27)17-28(37)32(35)38/h5-15,23,27-28,31H,16-18H2,1-4H3/t23-,27-,28-,31?/m0/s1. The molecule has 3 heterocycles. The summed E-state index contributed by atoms with van der Waals surface area (Å²) in [7, 11) is -1.10. The van der Waals surface area contributed by atoms with Gasteiger partial charge in [0.05, 0.1) is 36.7 Å². The number of amides is 2. The van der Waals surface area contributed by atoms with Crippen molar-refractivity contribution in [1.29, 1.82) is 0 Å². The van der Waals surface area contributed by atoms with Crippen LogP contribution in [0.2, 0.25) is 0 Å². The summed E-state index contributed by atoms with van der Waals surface area (Å²) in [5, 5.41) is 0.610. The van der Waals surface area contributed by atoms with Crippen molar-refractivity contribution >= 4 is 38.7 Å². The second-order valence-electron chi connectivity index (χ2n) is 12.1. The number of piperidine rings is 1. The zero-order valence-electron chi connectivity index (χ0n) is 25.4. The molecule has 1 aliphatic carbocycles. The normalized spacial score (nSPS) is 22.4. The number of fused-ring (bicyclic) bond motifs is 4. The van der Waals surface area contributed by atoms with Crippen molar-refractivity contribution in [2.45, 2.75) is 56.3 Å². The second-order valence-corrected chi connectivity index (χ2v) is 13.9. The van der Waals surface area contributed by atoms with Crippen LogP contribution in [-0.2, 0) is 30.9 Å². The van der Waals surface area contributed by atoms with Gasteiger partial charge in [0.1, 0.15) is 17.8 Å². The molecule has 1 saturated carbocycles. The highest BCUT2D eigenvalue weighted by Crippen LogP contribution is 2.52. The molecule has 0 bridgehead atoms. The van der Waals surface area contributed by atoms with Crippen LogP contribution >= 0.6 is 0 Å². The zero-order chi connectivity index (χ0) is 31.8. The predicted molar refractivity (Wildman–Crippen MR) is 165 cm³/mol. The fourth-order valence-corrected chi connectivity index (χ4v) is 8.48. The Balaban J connectivity index is 1.34. The monoisotopic (exact) mass is 627 g/mol. The van der Waals surface area contributed by atoms with Gasteiger partial charge in [0.2, 0.25) is 5.91 Å². The third-order valence-corrected chi connectivity index (χ3v) is 11.1. The molecule has 0 spiro atoms. The number of piperazine rings is 1. The van der Waals surface area contributed by atoms with E-state index in [-0.39, 0.29) is 29.3 Å². The summed E-state index contributed by atoms with van der Waals surface area (Å²) in [4.78, 5) is 44.0. The van der Waals surface area contributed by atoms with Crippen molar-refractivity contribution in [3.05, 3.63) is 94.7 Å². The molecule has 3 aromatic carbocycles. The maximum absolute atomic E-state index is 14.2. The average molecular weight is 628 g/mol. The molecule has 2 aliphatic heterocycles. The van der Waals surface area contributed by atoms with Crippen molar-refractivity contribution in [1.82, 2.24) is 13.8 Å². The van der Waals surface area contributed by atoms with Gasteiger partial charge in [-0.1, -0.05) is 29.8 Å². The molecule has 3 aliphatic rings. The number of benzene rings is 3. The third kappa shape index (κ3) is 4.51. The van der Waals surface area contributed by atoms with Gasteiger partial charge in [-0.3, -0.25) is 9.59 Å². The van der Waals surface area contributed by atoms with Gasteiger partial charge in [-0.25, -0.2) is 17.2 Å². The summed E-state index contributed by atoms with van der Waals surface area (Å²) in [6.45, 7) is 3.73. The summed E-state index contributed by atoms with van der Waals surface area (Å²) in [6.07, 6.45) is 3.05. The molecule has 0 N–H and O–H groups in total. The van der Waals surface area contributed by atoms with Crippen LogP contribution in [0, 0.1) is 19.8 Å². The molecule has 11 heteroatoms. The summed E-state index contributed by atoms with van der Waals surface area (Å²) in [5.74, 6) is -0.000545. The quantitative estimate of drug-likeness (QED) is 0.280. The lowest BCUT2D eigenvalue weighted by atomic mass is 9.94. The van der Waals surface area contributed by atoms with Gasteiger partial charge in [-0.2, -0.15) is 0 Å². The number of hydrogen-bond donors (Lipinski definition) is 0. The topological polar surface area (TPSA) is 115 Å². The number of ether oxygens (including phenoxy) is 2. The highest BCUT2D eigenvalue weighted by Gasteiger charge is 2.61. The fraction of sp³-hybridized carbons (Fsp3) is 0.324. The van der Waals surface area contributed by atoms with E-state index in [1.165, 1.54) is 24.4 Å². The Hall–Kier alpha value is -4.64. The molecule has 10 nitrogen and oxygen atoms in total. The van der Waals surface area contributed by atoms with Crippen LogP contribution in [-0.4, -0.2) is 66.3 Å². The number of hydrogen-bond acceptors (Lipinski definition) is 7. The lowest BCUT2D eigenvalue weighted by Crippen LogP contribution is -2.59. The molecule has 1 aromatic heterocycles. The maximum Gasteiger partial charge on any atom is 0.337 e. The lowest BCUT2D eigenvalue weighted by molar-refractivity contribution is -0.162. The third-order valence-electron chi connectivity index (χ3n) is 9.44. The average Bonchev–Trinajstić information content (AvgIpc) is 3.45. The molecule has 7 rings (SSSR count). The van der Waals surface area contributed by atoms with Gasteiger partial charge in [-0.15, -0.1) is 0 Å². The van der Waals surface area contributed by atoms with Gasteiger partial charge in [0, 0.05) is 23.2 Å². The first kappa shape index (κ1) is 29.1. The molecular formula is C34H33N3O7S. The number of carbonyl (C=O) groups is 3. The lowest BCUT2D eigenvalue weighted by Gasteiger charge is -2.44. The Morgan fingerprint density at radius 2 is 1.64 bits per heavy atom. The first-order valence-corrected chi connectivity index (χ1v) is 16.3. The van der Waals surface area contributed by atoms with Crippen LogP contribution < -0.4 is 4.74 Å². The largest absolute Gasteiger partial charge is 0.496 e. The summed E-state index contributed by atoms with van der Waals surface area (Å²) >= 11 is 0. The van der Waals surface area contributed by atoms with E-state index in [2.05, 4.69) is 0 Å². The molecule has 2 amide bonds. The van der Waals surface area contributed by atoms with E-state index in [4.69, 9.17) is 9.47 Å². The number of rotatable bonds is 7. The minimum Gasteiger partial charge on any atom is -0.496 e. The Morgan fingerprint density at radius 1 is 0.933 bits per heavy atom. The van der Waals surface area contributed by atoms with Crippen LogP contribution in [0.3, 0.4) is 0 Å². The van der Waals surface area contributed by atoms with Crippen LogP contribution in [0.15, 0.2) is 71.8 Å². The van der Waals surface area contributed by atoms with E-state index in [0.717, 1.165) is 12.0 Å². The number of methoxy groups -OCH3 is 2. The SMILES string of the molecule is COC(=O)c1ccc(C2C(=O)N3[C@@H](C[C@@H]4C[C@@H]43)C(=O)N2Cc2c(OC)cc(C)c3c2ccn3S(=O)(=O)c2ccc(C)cc2)cc1. The Kier molecular flexibility index (Phi) is 6.77. The van der Waals surface area contributed by atoms with Gasteiger partial charge >= 0.3 is 5.97 Å². The molecule has 0 radical (unpaired) electrons. The minimum atomic E-state index is -3.93. The first-order valence-electron chi connectivity index (χ1n) is 14.9. The molecular weight excluding hydrogens is 594 g/mol. The van der Waals surface area contributed by atoms with E-state index in [9.17, 15) is 22.8 Å². The van der Waals surface area contributed by atoms with Crippen LogP contribution in [0.1, 0.15) is 51.5 Å². The van der Waals surface area contributed by atoms with E-state index in [1.807, 2.05) is 13.8 Å². The van der Waals surface area contributed by atoms with E-state index in [1.54, 1.807) is 70.5 Å². The zero-order valence-corrected chi connectivity index (χ0v) is 26.2. The van der Waals surface area contributed by atoms with Crippen LogP contribution in [0.5, 0.6) is 5.75 Å². The number of nitrogens with zero attached hydrogens (tertiary/aromatic N) is 3. The van der Waals surface area contributed by atoms with Gasteiger partial charge in [-0.05, 0) is 80.1 Å². The highest BCUT2D eigenvalue weighted by molar-refractivity contribution is 7.90. The summed E-state index contributed by atoms with van der Waals surface area (Å²) in [5.41, 5.74) is 3.62. The second kappa shape index (κ2) is 10.5. The molecule has 45 heavy (non-hydrogen) atoms. The predicted octanol–water partition coefficient (Wildman–Crippen LogP) is 4.36. The molecule has 4 atom stereocenters. The van der Waals surface area contributed by atoms with Crippen LogP contribution in [0.4, 0.5) is 0 Å². The van der Waals surface area contributed by atoms with Crippen molar-refractivity contribution in [2.24, 2.45) is 5.92 Å². The maximum atomic E-state index is 14.2.